The summed E-state index contributed by atoms with van der Waals surface area (Å²) in [6.07, 6.45) is 2.11. The Hall–Kier alpha value is -3.06. The van der Waals surface area contributed by atoms with Crippen LogP contribution < -0.4 is 20.7 Å². The van der Waals surface area contributed by atoms with Crippen LogP contribution in [0.3, 0.4) is 0 Å². The molecular weight excluding hydrogens is 394 g/mol. The van der Waals surface area contributed by atoms with Crippen molar-refractivity contribution in [3.8, 4) is 5.75 Å². The van der Waals surface area contributed by atoms with Crippen molar-refractivity contribution in [1.82, 2.24) is 5.32 Å². The van der Waals surface area contributed by atoms with E-state index in [4.69, 9.17) is 9.47 Å². The van der Waals surface area contributed by atoms with Crippen LogP contribution in [0.5, 0.6) is 5.75 Å². The van der Waals surface area contributed by atoms with Crippen LogP contribution in [0, 0.1) is 6.92 Å². The average molecular weight is 426 g/mol. The first-order chi connectivity index (χ1) is 14.9. The van der Waals surface area contributed by atoms with Gasteiger partial charge in [0.25, 0.3) is 5.91 Å². The molecule has 2 aromatic rings. The van der Waals surface area contributed by atoms with Crippen LogP contribution in [0.1, 0.15) is 43.7 Å². The van der Waals surface area contributed by atoms with E-state index in [0.29, 0.717) is 23.8 Å². The highest BCUT2D eigenvalue weighted by Crippen LogP contribution is 2.27. The van der Waals surface area contributed by atoms with Crippen molar-refractivity contribution in [2.24, 2.45) is 0 Å². The molecule has 3 rings (SSSR count). The molecule has 7 heteroatoms. The lowest BCUT2D eigenvalue weighted by atomic mass is 10.0. The minimum absolute atomic E-state index is 0.0746. The zero-order chi connectivity index (χ0) is 22.2. The number of ether oxygens (including phenoxy) is 2. The summed E-state index contributed by atoms with van der Waals surface area (Å²) in [5.41, 5.74) is 3.43. The van der Waals surface area contributed by atoms with Crippen molar-refractivity contribution in [3.63, 3.8) is 0 Å². The molecule has 3 amide bonds. The predicted octanol–water partition coefficient (Wildman–Crippen LogP) is 4.44. The van der Waals surface area contributed by atoms with Crippen molar-refractivity contribution in [2.75, 3.05) is 30.4 Å². The van der Waals surface area contributed by atoms with Crippen LogP contribution in [-0.4, -0.2) is 37.8 Å². The largest absolute Gasteiger partial charge is 0.483 e. The van der Waals surface area contributed by atoms with Gasteiger partial charge in [0, 0.05) is 24.5 Å². The summed E-state index contributed by atoms with van der Waals surface area (Å²) in [7, 11) is 0. The first kappa shape index (κ1) is 22.6. The van der Waals surface area contributed by atoms with Crippen molar-refractivity contribution >= 4 is 23.3 Å². The lowest BCUT2D eigenvalue weighted by Gasteiger charge is -2.15. The maximum atomic E-state index is 12.3. The Labute approximate surface area is 183 Å². The molecule has 1 heterocycles. The molecule has 0 bridgehead atoms. The fraction of sp³-hybridized carbons (Fsp3) is 0.417. The fourth-order valence-corrected chi connectivity index (χ4v) is 3.41. The van der Waals surface area contributed by atoms with E-state index in [1.165, 1.54) is 0 Å². The van der Waals surface area contributed by atoms with Crippen LogP contribution in [0.4, 0.5) is 16.2 Å². The van der Waals surface area contributed by atoms with Gasteiger partial charge in [-0.3, -0.25) is 4.79 Å². The number of anilines is 2. The number of urea groups is 1. The maximum absolute atomic E-state index is 12.3. The standard InChI is InChI=1S/C24H31N3O4/c1-16(2)21-11-6-17(3)13-22(21)31-15-23(28)26-18-7-9-19(10-8-18)27-24(29)25-14-20-5-4-12-30-20/h6-11,13,16,20H,4-5,12,14-15H2,1-3H3,(H,26,28)(H2,25,27,29). The van der Waals surface area contributed by atoms with Gasteiger partial charge in [-0.1, -0.05) is 26.0 Å². The monoisotopic (exact) mass is 425 g/mol. The number of nitrogens with one attached hydrogen (secondary N) is 3. The van der Waals surface area contributed by atoms with Crippen molar-refractivity contribution in [2.45, 2.75) is 45.6 Å². The Morgan fingerprint density at radius 1 is 1.10 bits per heavy atom. The average Bonchev–Trinajstić information content (AvgIpc) is 3.26. The summed E-state index contributed by atoms with van der Waals surface area (Å²) < 4.78 is 11.3. The molecule has 1 atom stereocenters. The second-order valence-electron chi connectivity index (χ2n) is 8.08. The number of rotatable bonds is 8. The third-order valence-electron chi connectivity index (χ3n) is 5.09. The first-order valence-corrected chi connectivity index (χ1v) is 10.7. The van der Waals surface area contributed by atoms with Gasteiger partial charge in [0.2, 0.25) is 0 Å². The SMILES string of the molecule is Cc1ccc(C(C)C)c(OCC(=O)Nc2ccc(NC(=O)NCC3CCCO3)cc2)c1. The summed E-state index contributed by atoms with van der Waals surface area (Å²) in [6.45, 7) is 7.37. The van der Waals surface area contributed by atoms with Gasteiger partial charge in [-0.2, -0.15) is 0 Å². The Morgan fingerprint density at radius 3 is 2.45 bits per heavy atom. The molecule has 7 nitrogen and oxygen atoms in total. The highest BCUT2D eigenvalue weighted by molar-refractivity contribution is 5.93. The smallest absolute Gasteiger partial charge is 0.319 e. The van der Waals surface area contributed by atoms with E-state index in [1.54, 1.807) is 24.3 Å². The van der Waals surface area contributed by atoms with Gasteiger partial charge in [-0.05, 0) is 67.1 Å². The first-order valence-electron chi connectivity index (χ1n) is 10.7. The van der Waals surface area contributed by atoms with Crippen LogP contribution in [0.25, 0.3) is 0 Å². The van der Waals surface area contributed by atoms with E-state index in [2.05, 4.69) is 29.8 Å². The van der Waals surface area contributed by atoms with Gasteiger partial charge >= 0.3 is 6.03 Å². The molecule has 0 aromatic heterocycles. The Bertz CT molecular complexity index is 890. The minimum Gasteiger partial charge on any atom is -0.483 e. The molecule has 1 fully saturated rings. The Kier molecular flexibility index (Phi) is 7.89. The summed E-state index contributed by atoms with van der Waals surface area (Å²) in [5, 5.41) is 8.39. The topological polar surface area (TPSA) is 88.7 Å². The number of carbonyl (C=O) groups excluding carboxylic acids is 2. The molecule has 2 aromatic carbocycles. The summed E-state index contributed by atoms with van der Waals surface area (Å²) in [6, 6.07) is 12.7. The second-order valence-corrected chi connectivity index (χ2v) is 8.08. The molecule has 1 aliphatic heterocycles. The number of hydrogen-bond donors (Lipinski definition) is 3. The molecule has 3 N–H and O–H groups in total. The van der Waals surface area contributed by atoms with Crippen molar-refractivity contribution in [3.05, 3.63) is 53.6 Å². The van der Waals surface area contributed by atoms with Crippen molar-refractivity contribution in [1.29, 1.82) is 0 Å². The number of carbonyl (C=O) groups is 2. The molecule has 0 saturated carbocycles. The van der Waals surface area contributed by atoms with E-state index >= 15 is 0 Å². The zero-order valence-corrected chi connectivity index (χ0v) is 18.4. The number of hydrogen-bond acceptors (Lipinski definition) is 4. The quantitative estimate of drug-likeness (QED) is 0.584. The molecule has 1 saturated heterocycles. The summed E-state index contributed by atoms with van der Waals surface area (Å²) in [5.74, 6) is 0.798. The maximum Gasteiger partial charge on any atom is 0.319 e. The number of benzene rings is 2. The normalized spacial score (nSPS) is 15.5. The highest BCUT2D eigenvalue weighted by Gasteiger charge is 2.16. The fourth-order valence-electron chi connectivity index (χ4n) is 3.41. The summed E-state index contributed by atoms with van der Waals surface area (Å²) in [4.78, 5) is 24.3. The molecule has 0 radical (unpaired) electrons. The van der Waals surface area contributed by atoms with E-state index < -0.39 is 0 Å². The second kappa shape index (κ2) is 10.8. The summed E-state index contributed by atoms with van der Waals surface area (Å²) >= 11 is 0. The van der Waals surface area contributed by atoms with E-state index in [-0.39, 0.29) is 24.6 Å². The molecule has 166 valence electrons. The molecular formula is C24H31N3O4. The molecule has 31 heavy (non-hydrogen) atoms. The van der Waals surface area contributed by atoms with E-state index in [1.807, 2.05) is 25.1 Å². The lowest BCUT2D eigenvalue weighted by Crippen LogP contribution is -2.35. The third-order valence-corrected chi connectivity index (χ3v) is 5.09. The Morgan fingerprint density at radius 2 is 1.81 bits per heavy atom. The number of aryl methyl sites for hydroxylation is 1. The lowest BCUT2D eigenvalue weighted by molar-refractivity contribution is -0.118. The van der Waals surface area contributed by atoms with E-state index in [9.17, 15) is 9.59 Å². The van der Waals surface area contributed by atoms with Crippen molar-refractivity contribution < 1.29 is 19.1 Å². The van der Waals surface area contributed by atoms with Gasteiger partial charge in [-0.15, -0.1) is 0 Å². The molecule has 1 aliphatic rings. The number of amides is 3. The molecule has 1 unspecified atom stereocenters. The molecule has 0 aliphatic carbocycles. The van der Waals surface area contributed by atoms with E-state index in [0.717, 1.165) is 36.3 Å². The Balaban J connectivity index is 1.45. The van der Waals surface area contributed by atoms with Gasteiger partial charge in [-0.25, -0.2) is 4.79 Å². The minimum atomic E-state index is -0.278. The highest BCUT2D eigenvalue weighted by atomic mass is 16.5. The zero-order valence-electron chi connectivity index (χ0n) is 18.4. The third kappa shape index (κ3) is 7.00. The van der Waals surface area contributed by atoms with Crippen LogP contribution in [-0.2, 0) is 9.53 Å². The predicted molar refractivity (Wildman–Crippen MR) is 122 cm³/mol. The van der Waals surface area contributed by atoms with Gasteiger partial charge in [0.15, 0.2) is 6.61 Å². The van der Waals surface area contributed by atoms with Crippen LogP contribution >= 0.6 is 0 Å². The molecule has 0 spiro atoms. The van der Waals surface area contributed by atoms with Crippen LogP contribution in [0.15, 0.2) is 42.5 Å². The van der Waals surface area contributed by atoms with Gasteiger partial charge < -0.3 is 25.4 Å². The van der Waals surface area contributed by atoms with Crippen LogP contribution in [0.2, 0.25) is 0 Å². The van der Waals surface area contributed by atoms with Gasteiger partial charge in [0.1, 0.15) is 5.75 Å². The van der Waals surface area contributed by atoms with Gasteiger partial charge in [0.05, 0.1) is 6.10 Å².